The number of anilines is 2. The molecule has 0 aromatic heterocycles. The lowest BCUT2D eigenvalue weighted by molar-refractivity contribution is -0.118. The number of hydrogen-bond acceptors (Lipinski definition) is 4. The molecule has 0 radical (unpaired) electrons. The first-order valence-corrected chi connectivity index (χ1v) is 9.22. The quantitative estimate of drug-likeness (QED) is 0.502. The molecule has 0 saturated heterocycles. The Kier molecular flexibility index (Phi) is 6.71. The highest BCUT2D eigenvalue weighted by Crippen LogP contribution is 2.24. The third-order valence-electron chi connectivity index (χ3n) is 4.03. The molecule has 0 atom stereocenters. The van der Waals surface area contributed by atoms with Crippen molar-refractivity contribution in [2.75, 3.05) is 17.2 Å². The minimum absolute atomic E-state index is 0.155. The molecule has 0 saturated carbocycles. The average molecular weight is 411 g/mol. The van der Waals surface area contributed by atoms with Crippen LogP contribution in [0.2, 0.25) is 5.02 Å². The number of hydrogen-bond donors (Lipinski definition) is 3. The Morgan fingerprint density at radius 3 is 2.45 bits per heavy atom. The van der Waals surface area contributed by atoms with Crippen molar-refractivity contribution in [3.63, 3.8) is 0 Å². The van der Waals surface area contributed by atoms with Crippen molar-refractivity contribution in [2.24, 2.45) is 0 Å². The normalized spacial score (nSPS) is 10.2. The maximum atomic E-state index is 12.1. The minimum Gasteiger partial charge on any atom is -0.483 e. The van der Waals surface area contributed by atoms with Gasteiger partial charge in [0.1, 0.15) is 5.75 Å². The molecule has 0 spiro atoms. The van der Waals surface area contributed by atoms with Gasteiger partial charge in [-0.1, -0.05) is 35.9 Å². The monoisotopic (exact) mass is 410 g/mol. The molecular formula is C22H19ClN2O4. The van der Waals surface area contributed by atoms with Gasteiger partial charge in [-0.05, 0) is 48.5 Å². The number of carboxylic acids is 1. The Morgan fingerprint density at radius 1 is 0.931 bits per heavy atom. The molecule has 1 amide bonds. The van der Waals surface area contributed by atoms with Gasteiger partial charge in [-0.3, -0.25) is 4.79 Å². The zero-order valence-electron chi connectivity index (χ0n) is 15.4. The predicted molar refractivity (Wildman–Crippen MR) is 113 cm³/mol. The minimum atomic E-state index is -0.996. The lowest BCUT2D eigenvalue weighted by Crippen LogP contribution is -2.20. The Balaban J connectivity index is 1.64. The van der Waals surface area contributed by atoms with Crippen molar-refractivity contribution >= 4 is 34.9 Å². The van der Waals surface area contributed by atoms with Gasteiger partial charge >= 0.3 is 5.97 Å². The van der Waals surface area contributed by atoms with Gasteiger partial charge in [-0.15, -0.1) is 0 Å². The Hall–Kier alpha value is -3.51. The van der Waals surface area contributed by atoms with Crippen LogP contribution in [0.3, 0.4) is 0 Å². The Morgan fingerprint density at radius 2 is 1.69 bits per heavy atom. The second-order valence-corrected chi connectivity index (χ2v) is 6.63. The Labute approximate surface area is 173 Å². The summed E-state index contributed by atoms with van der Waals surface area (Å²) in [5.74, 6) is -0.761. The van der Waals surface area contributed by atoms with Gasteiger partial charge in [-0.2, -0.15) is 0 Å². The lowest BCUT2D eigenvalue weighted by Gasteiger charge is -2.14. The van der Waals surface area contributed by atoms with E-state index in [4.69, 9.17) is 21.4 Å². The van der Waals surface area contributed by atoms with Crippen LogP contribution in [0.4, 0.5) is 11.4 Å². The maximum absolute atomic E-state index is 12.1. The summed E-state index contributed by atoms with van der Waals surface area (Å²) in [5.41, 5.74) is 2.27. The van der Waals surface area contributed by atoms with Gasteiger partial charge in [0.05, 0.1) is 5.56 Å². The van der Waals surface area contributed by atoms with Crippen LogP contribution in [0.1, 0.15) is 15.9 Å². The summed E-state index contributed by atoms with van der Waals surface area (Å²) in [7, 11) is 0. The van der Waals surface area contributed by atoms with Crippen molar-refractivity contribution < 1.29 is 19.4 Å². The third-order valence-corrected chi connectivity index (χ3v) is 4.27. The molecule has 6 nitrogen and oxygen atoms in total. The van der Waals surface area contributed by atoms with Crippen molar-refractivity contribution in [1.82, 2.24) is 0 Å². The van der Waals surface area contributed by atoms with E-state index in [0.29, 0.717) is 28.7 Å². The molecular weight excluding hydrogens is 392 g/mol. The smallest absolute Gasteiger partial charge is 0.335 e. The SMILES string of the molecule is O=C(COc1ccc(Cl)cc1CNc1cccc(C(=O)O)c1)Nc1ccccc1. The van der Waals surface area contributed by atoms with Crippen LogP contribution in [-0.4, -0.2) is 23.6 Å². The Bertz CT molecular complexity index is 1010. The van der Waals surface area contributed by atoms with E-state index in [2.05, 4.69) is 10.6 Å². The van der Waals surface area contributed by atoms with Crippen molar-refractivity contribution in [1.29, 1.82) is 0 Å². The van der Waals surface area contributed by atoms with Gasteiger partial charge in [0.2, 0.25) is 0 Å². The van der Waals surface area contributed by atoms with E-state index in [9.17, 15) is 9.59 Å². The first-order chi connectivity index (χ1) is 14.0. The number of amides is 1. The molecule has 0 aliphatic carbocycles. The summed E-state index contributed by atoms with van der Waals surface area (Å²) >= 11 is 6.10. The molecule has 0 unspecified atom stereocenters. The number of carbonyl (C=O) groups is 2. The summed E-state index contributed by atoms with van der Waals surface area (Å²) < 4.78 is 5.67. The number of carboxylic acid groups (broad SMARTS) is 1. The second-order valence-electron chi connectivity index (χ2n) is 6.19. The molecule has 0 aliphatic heterocycles. The number of carbonyl (C=O) groups excluding carboxylic acids is 1. The number of benzene rings is 3. The summed E-state index contributed by atoms with van der Waals surface area (Å²) in [6.07, 6.45) is 0. The molecule has 148 valence electrons. The van der Waals surface area contributed by atoms with Crippen molar-refractivity contribution in [2.45, 2.75) is 6.54 Å². The fourth-order valence-corrected chi connectivity index (χ4v) is 2.84. The average Bonchev–Trinajstić information content (AvgIpc) is 2.72. The summed E-state index contributed by atoms with van der Waals surface area (Å²) in [4.78, 5) is 23.2. The second kappa shape index (κ2) is 9.61. The van der Waals surface area contributed by atoms with E-state index in [1.807, 2.05) is 18.2 Å². The van der Waals surface area contributed by atoms with Crippen LogP contribution in [-0.2, 0) is 11.3 Å². The first kappa shape index (κ1) is 20.2. The van der Waals surface area contributed by atoms with Crippen LogP contribution in [0.15, 0.2) is 72.8 Å². The number of rotatable bonds is 8. The van der Waals surface area contributed by atoms with Gasteiger partial charge in [-0.25, -0.2) is 4.79 Å². The van der Waals surface area contributed by atoms with E-state index < -0.39 is 5.97 Å². The molecule has 3 N–H and O–H groups in total. The highest BCUT2D eigenvalue weighted by molar-refractivity contribution is 6.30. The van der Waals surface area contributed by atoms with Crippen molar-refractivity contribution in [3.8, 4) is 5.75 Å². The summed E-state index contributed by atoms with van der Waals surface area (Å²) in [6, 6.07) is 20.7. The van der Waals surface area contributed by atoms with Gasteiger partial charge in [0, 0.05) is 28.5 Å². The molecule has 7 heteroatoms. The highest BCUT2D eigenvalue weighted by atomic mass is 35.5. The van der Waals surface area contributed by atoms with Crippen LogP contribution >= 0.6 is 11.6 Å². The third kappa shape index (κ3) is 5.99. The molecule has 3 rings (SSSR count). The number of aromatic carboxylic acids is 1. The number of nitrogens with one attached hydrogen (secondary N) is 2. The maximum Gasteiger partial charge on any atom is 0.335 e. The predicted octanol–water partition coefficient (Wildman–Crippen LogP) is 4.67. The zero-order valence-corrected chi connectivity index (χ0v) is 16.1. The van der Waals surface area contributed by atoms with Crippen LogP contribution < -0.4 is 15.4 Å². The van der Waals surface area contributed by atoms with Gasteiger partial charge in [0.25, 0.3) is 5.91 Å². The summed E-state index contributed by atoms with van der Waals surface area (Å²) in [5, 5.41) is 15.5. The van der Waals surface area contributed by atoms with E-state index in [1.54, 1.807) is 48.5 Å². The molecule has 0 aliphatic rings. The highest BCUT2D eigenvalue weighted by Gasteiger charge is 2.09. The van der Waals surface area contributed by atoms with Crippen LogP contribution in [0, 0.1) is 0 Å². The topological polar surface area (TPSA) is 87.7 Å². The number of para-hydroxylation sites is 1. The van der Waals surface area contributed by atoms with E-state index in [-0.39, 0.29) is 18.1 Å². The number of ether oxygens (including phenoxy) is 1. The fourth-order valence-electron chi connectivity index (χ4n) is 2.65. The fraction of sp³-hybridized carbons (Fsp3) is 0.0909. The van der Waals surface area contributed by atoms with Gasteiger partial charge < -0.3 is 20.5 Å². The molecule has 29 heavy (non-hydrogen) atoms. The van der Waals surface area contributed by atoms with Crippen LogP contribution in [0.5, 0.6) is 5.75 Å². The van der Waals surface area contributed by atoms with E-state index in [1.165, 1.54) is 6.07 Å². The summed E-state index contributed by atoms with van der Waals surface area (Å²) in [6.45, 7) is 0.192. The molecule has 0 heterocycles. The van der Waals surface area contributed by atoms with E-state index >= 15 is 0 Å². The molecule has 3 aromatic rings. The molecule has 3 aromatic carbocycles. The molecule has 0 fully saturated rings. The standard InChI is InChI=1S/C22H19ClN2O4/c23-17-9-10-20(29-14-21(26)25-18-6-2-1-3-7-18)16(11-17)13-24-19-8-4-5-15(12-19)22(27)28/h1-12,24H,13-14H2,(H,25,26)(H,27,28). The number of halogens is 1. The lowest BCUT2D eigenvalue weighted by atomic mass is 10.1. The van der Waals surface area contributed by atoms with Crippen LogP contribution in [0.25, 0.3) is 0 Å². The molecule has 0 bridgehead atoms. The first-order valence-electron chi connectivity index (χ1n) is 8.84. The largest absolute Gasteiger partial charge is 0.483 e. The van der Waals surface area contributed by atoms with Gasteiger partial charge in [0.15, 0.2) is 6.61 Å². The van der Waals surface area contributed by atoms with Crippen molar-refractivity contribution in [3.05, 3.63) is 88.9 Å². The van der Waals surface area contributed by atoms with E-state index in [0.717, 1.165) is 5.56 Å². The zero-order chi connectivity index (χ0) is 20.6.